The molecule has 0 heterocycles. The first-order chi connectivity index (χ1) is 15.1. The monoisotopic (exact) mass is 446 g/mol. The van der Waals surface area contributed by atoms with Crippen molar-refractivity contribution in [1.29, 1.82) is 0 Å². The van der Waals surface area contributed by atoms with Crippen LogP contribution in [0.2, 0.25) is 0 Å². The molecule has 0 aliphatic heterocycles. The highest BCUT2D eigenvalue weighted by Crippen LogP contribution is 2.68. The summed E-state index contributed by atoms with van der Waals surface area (Å²) >= 11 is 0. The zero-order valence-corrected chi connectivity index (χ0v) is 21.1. The van der Waals surface area contributed by atoms with Crippen molar-refractivity contribution < 1.29 is 19.4 Å². The van der Waals surface area contributed by atoms with Crippen molar-refractivity contribution in [3.05, 3.63) is 0 Å². The first-order valence-electron chi connectivity index (χ1n) is 13.4. The fraction of sp³-hybridized carbons (Fsp3) is 0.929. The zero-order valence-electron chi connectivity index (χ0n) is 21.1. The minimum Gasteiger partial charge on any atom is -0.469 e. The number of esters is 1. The second-order valence-corrected chi connectivity index (χ2v) is 12.6. The summed E-state index contributed by atoms with van der Waals surface area (Å²) in [4.78, 5) is 23.9. The van der Waals surface area contributed by atoms with Crippen LogP contribution in [0.4, 0.5) is 0 Å². The highest BCUT2D eigenvalue weighted by atomic mass is 16.5. The van der Waals surface area contributed by atoms with Crippen molar-refractivity contribution in [2.24, 2.45) is 52.3 Å². The lowest BCUT2D eigenvalue weighted by molar-refractivity contribution is -0.168. The van der Waals surface area contributed by atoms with Gasteiger partial charge in [-0.1, -0.05) is 40.5 Å². The Morgan fingerprint density at radius 2 is 1.81 bits per heavy atom. The van der Waals surface area contributed by atoms with E-state index in [1.54, 1.807) is 0 Å². The summed E-state index contributed by atoms with van der Waals surface area (Å²) in [6, 6.07) is 0. The Kier molecular flexibility index (Phi) is 6.85. The van der Waals surface area contributed by atoms with Crippen LogP contribution < -0.4 is 0 Å². The maximum absolute atomic E-state index is 12.2. The number of ketones is 1. The van der Waals surface area contributed by atoms with Gasteiger partial charge in [-0.25, -0.2) is 0 Å². The number of aliphatic hydroxyl groups is 1. The van der Waals surface area contributed by atoms with Gasteiger partial charge in [0.2, 0.25) is 0 Å². The second-order valence-electron chi connectivity index (χ2n) is 12.6. The fourth-order valence-electron chi connectivity index (χ4n) is 9.25. The van der Waals surface area contributed by atoms with E-state index >= 15 is 0 Å². The van der Waals surface area contributed by atoms with Gasteiger partial charge in [-0.15, -0.1) is 0 Å². The number of fused-ring (bicyclic) bond motifs is 5. The zero-order chi connectivity index (χ0) is 23.3. The van der Waals surface area contributed by atoms with E-state index < -0.39 is 0 Å². The molecule has 4 fully saturated rings. The van der Waals surface area contributed by atoms with Crippen molar-refractivity contribution in [2.45, 2.75) is 104 Å². The third kappa shape index (κ3) is 3.97. The van der Waals surface area contributed by atoms with Crippen molar-refractivity contribution in [3.63, 3.8) is 0 Å². The van der Waals surface area contributed by atoms with Gasteiger partial charge in [0.15, 0.2) is 0 Å². The Morgan fingerprint density at radius 3 is 2.53 bits per heavy atom. The van der Waals surface area contributed by atoms with Gasteiger partial charge in [-0.2, -0.15) is 0 Å². The van der Waals surface area contributed by atoms with Crippen LogP contribution in [-0.2, 0) is 14.3 Å². The molecule has 0 aromatic carbocycles. The lowest BCUT2D eigenvalue weighted by Gasteiger charge is -2.62. The van der Waals surface area contributed by atoms with E-state index in [4.69, 9.17) is 4.74 Å². The highest BCUT2D eigenvalue weighted by molar-refractivity contribution is 5.79. The van der Waals surface area contributed by atoms with E-state index in [1.807, 2.05) is 6.92 Å². The molecule has 0 aromatic rings. The number of aliphatic hydroxyl groups excluding tert-OH is 1. The molecular weight excluding hydrogens is 400 g/mol. The summed E-state index contributed by atoms with van der Waals surface area (Å²) in [7, 11) is 1.48. The Morgan fingerprint density at radius 1 is 1.09 bits per heavy atom. The third-order valence-corrected chi connectivity index (χ3v) is 11.2. The largest absolute Gasteiger partial charge is 0.469 e. The smallest absolute Gasteiger partial charge is 0.308 e. The number of hydrogen-bond donors (Lipinski definition) is 1. The molecule has 2 unspecified atom stereocenters. The van der Waals surface area contributed by atoms with Crippen LogP contribution >= 0.6 is 0 Å². The van der Waals surface area contributed by atoms with Gasteiger partial charge in [0.25, 0.3) is 0 Å². The van der Waals surface area contributed by atoms with E-state index in [0.717, 1.165) is 32.1 Å². The molecule has 4 heteroatoms. The van der Waals surface area contributed by atoms with Gasteiger partial charge in [0.05, 0.1) is 19.1 Å². The van der Waals surface area contributed by atoms with Crippen LogP contribution in [0.5, 0.6) is 0 Å². The number of carbonyl (C=O) groups excluding carboxylic acids is 2. The quantitative estimate of drug-likeness (QED) is 0.524. The summed E-state index contributed by atoms with van der Waals surface area (Å²) in [6.45, 7) is 9.38. The molecule has 182 valence electrons. The minimum absolute atomic E-state index is 0.0111. The molecule has 10 atom stereocenters. The number of Topliss-reactive ketones (excluding diaryl/α,β-unsaturated/α-hetero) is 1. The highest BCUT2D eigenvalue weighted by Gasteiger charge is 2.62. The maximum Gasteiger partial charge on any atom is 0.308 e. The van der Waals surface area contributed by atoms with E-state index in [-0.39, 0.29) is 23.4 Å². The maximum atomic E-state index is 12.2. The summed E-state index contributed by atoms with van der Waals surface area (Å²) in [6.07, 6.45) is 11.3. The van der Waals surface area contributed by atoms with Crippen LogP contribution in [-0.4, -0.2) is 30.1 Å². The molecular formula is C28H46O4. The van der Waals surface area contributed by atoms with E-state index in [9.17, 15) is 14.7 Å². The summed E-state index contributed by atoms with van der Waals surface area (Å²) in [5.74, 6) is 3.68. The predicted molar refractivity (Wildman–Crippen MR) is 126 cm³/mol. The predicted octanol–water partition coefficient (Wildman–Crippen LogP) is 5.80. The lowest BCUT2D eigenvalue weighted by atomic mass is 9.44. The molecule has 32 heavy (non-hydrogen) atoms. The average molecular weight is 447 g/mol. The number of carbonyl (C=O) groups is 2. The second kappa shape index (κ2) is 9.04. The molecule has 4 rings (SSSR count). The molecule has 4 nitrogen and oxygen atoms in total. The molecule has 0 aromatic heterocycles. The Labute approximate surface area is 195 Å². The number of ether oxygens (including phenoxy) is 1. The first kappa shape index (κ1) is 24.2. The minimum atomic E-state index is -0.233. The molecule has 4 aliphatic rings. The van der Waals surface area contributed by atoms with Gasteiger partial charge in [0, 0.05) is 12.8 Å². The molecule has 0 bridgehead atoms. The Hall–Kier alpha value is -0.900. The van der Waals surface area contributed by atoms with Crippen LogP contribution in [0.15, 0.2) is 0 Å². The van der Waals surface area contributed by atoms with Gasteiger partial charge in [-0.3, -0.25) is 9.59 Å². The van der Waals surface area contributed by atoms with Gasteiger partial charge >= 0.3 is 5.97 Å². The van der Waals surface area contributed by atoms with Crippen LogP contribution in [0, 0.1) is 52.3 Å². The molecule has 0 spiro atoms. The van der Waals surface area contributed by atoms with Crippen molar-refractivity contribution in [2.75, 3.05) is 7.11 Å². The van der Waals surface area contributed by atoms with Crippen molar-refractivity contribution in [3.8, 4) is 0 Å². The van der Waals surface area contributed by atoms with Gasteiger partial charge < -0.3 is 9.84 Å². The van der Waals surface area contributed by atoms with Crippen LogP contribution in [0.25, 0.3) is 0 Å². The Balaban J connectivity index is 1.44. The third-order valence-electron chi connectivity index (χ3n) is 11.2. The van der Waals surface area contributed by atoms with E-state index in [1.165, 1.54) is 39.2 Å². The summed E-state index contributed by atoms with van der Waals surface area (Å²) < 4.78 is 4.89. The topological polar surface area (TPSA) is 63.6 Å². The SMILES string of the molecule is COC(=O)C(C)CCC[C@@H](C)[C@H]1CC[C@H]2[C@@H]3C(O)C[C@@H]4CC(=O)CC[C@]4(C)[C@H]3CC[C@]12C. The standard InChI is InChI=1S/C28H46O4/c1-17(7-6-8-18(2)26(31)32-5)21-9-10-22-25-23(12-14-28(21,22)4)27(3)13-11-20(29)15-19(27)16-24(25)30/h17-19,21-25,30H,6-16H2,1-5H3/t17-,18?,19+,21-,22+,23+,24?,25+,27+,28-/m1/s1. The van der Waals surface area contributed by atoms with Crippen molar-refractivity contribution in [1.82, 2.24) is 0 Å². The van der Waals surface area contributed by atoms with Gasteiger partial charge in [-0.05, 0) is 91.3 Å². The van der Waals surface area contributed by atoms with Crippen molar-refractivity contribution >= 4 is 11.8 Å². The number of hydrogen-bond acceptors (Lipinski definition) is 4. The normalized spacial score (nSPS) is 45.4. The number of rotatable bonds is 6. The Bertz CT molecular complexity index is 718. The first-order valence-corrected chi connectivity index (χ1v) is 13.4. The van der Waals surface area contributed by atoms with Gasteiger partial charge in [0.1, 0.15) is 5.78 Å². The molecule has 0 radical (unpaired) electrons. The fourth-order valence-corrected chi connectivity index (χ4v) is 9.25. The van der Waals surface area contributed by atoms with E-state index in [0.29, 0.717) is 53.1 Å². The summed E-state index contributed by atoms with van der Waals surface area (Å²) in [5.41, 5.74) is 0.566. The molecule has 4 saturated carbocycles. The lowest BCUT2D eigenvalue weighted by Crippen LogP contribution is -2.58. The number of methoxy groups -OCH3 is 1. The average Bonchev–Trinajstić information content (AvgIpc) is 3.11. The van der Waals surface area contributed by atoms with E-state index in [2.05, 4.69) is 20.8 Å². The molecule has 1 N–H and O–H groups in total. The molecule has 0 saturated heterocycles. The molecule has 0 amide bonds. The van der Waals surface area contributed by atoms with Crippen LogP contribution in [0.3, 0.4) is 0 Å². The summed E-state index contributed by atoms with van der Waals surface area (Å²) in [5, 5.41) is 11.4. The molecule has 4 aliphatic carbocycles. The van der Waals surface area contributed by atoms with Crippen LogP contribution in [0.1, 0.15) is 98.3 Å².